The van der Waals surface area contributed by atoms with Crippen LogP contribution in [-0.4, -0.2) is 46.3 Å². The van der Waals surface area contributed by atoms with Gasteiger partial charge in [-0.15, -0.1) is 11.6 Å². The zero-order valence-corrected chi connectivity index (χ0v) is 15.7. The molecule has 3 aliphatic rings. The smallest absolute Gasteiger partial charge is 0.290 e. The molecule has 27 heavy (non-hydrogen) atoms. The predicted octanol–water partition coefficient (Wildman–Crippen LogP) is 2.58. The highest BCUT2D eigenvalue weighted by molar-refractivity contribution is 6.21. The molecule has 5 atom stereocenters. The molecule has 1 amide bonds. The summed E-state index contributed by atoms with van der Waals surface area (Å²) in [6.07, 6.45) is 0.681. The zero-order chi connectivity index (χ0) is 19.3. The average molecular weight is 394 g/mol. The van der Waals surface area contributed by atoms with Crippen LogP contribution in [0.15, 0.2) is 35.6 Å². The molecule has 0 radical (unpaired) electrons. The number of β-amino-alcohol motifs (C(OH)–C–C–N with tert-alkyl or cyclic N) is 1. The number of nitrogens with zero attached hydrogens (tertiary/aromatic N) is 1. The number of Topliss-reactive ketones (excluding diaryl/α,β-unsaturated/α-hetero) is 1. The third-order valence-electron chi connectivity index (χ3n) is 5.85. The third kappa shape index (κ3) is 2.86. The molecule has 5 nitrogen and oxygen atoms in total. The highest BCUT2D eigenvalue weighted by Crippen LogP contribution is 2.48. The van der Waals surface area contributed by atoms with E-state index in [1.54, 1.807) is 18.2 Å². The van der Waals surface area contributed by atoms with Gasteiger partial charge in [-0.2, -0.15) is 0 Å². The summed E-state index contributed by atoms with van der Waals surface area (Å²) >= 11 is 6.39. The number of aliphatic hydroxyl groups excluding tert-OH is 1. The number of hydrogen-bond donors (Lipinski definition) is 1. The lowest BCUT2D eigenvalue weighted by Gasteiger charge is -2.40. The van der Waals surface area contributed by atoms with E-state index in [0.29, 0.717) is 12.8 Å². The molecule has 2 heterocycles. The number of benzene rings is 1. The highest BCUT2D eigenvalue weighted by Gasteiger charge is 2.53. The number of rotatable bonds is 3. The first-order chi connectivity index (χ1) is 12.9. The van der Waals surface area contributed by atoms with E-state index in [-0.39, 0.29) is 53.2 Å². The predicted molar refractivity (Wildman–Crippen MR) is 96.4 cm³/mol. The number of amides is 1. The normalized spacial score (nSPS) is 33.0. The summed E-state index contributed by atoms with van der Waals surface area (Å²) in [5.74, 6) is -1.42. The molecule has 1 saturated carbocycles. The van der Waals surface area contributed by atoms with Gasteiger partial charge in [0, 0.05) is 17.5 Å². The molecule has 0 bridgehead atoms. The molecule has 7 heteroatoms. The summed E-state index contributed by atoms with van der Waals surface area (Å²) in [4.78, 5) is 27.6. The van der Waals surface area contributed by atoms with Crippen LogP contribution in [0.5, 0.6) is 0 Å². The Bertz CT molecular complexity index is 826. The van der Waals surface area contributed by atoms with Crippen molar-refractivity contribution in [3.8, 4) is 0 Å². The summed E-state index contributed by atoms with van der Waals surface area (Å²) < 4.78 is 20.5. The van der Waals surface area contributed by atoms with Crippen molar-refractivity contribution in [2.75, 3.05) is 13.2 Å². The maximum absolute atomic E-state index is 14.5. The fourth-order valence-corrected chi connectivity index (χ4v) is 4.72. The molecule has 1 aromatic rings. The van der Waals surface area contributed by atoms with Crippen molar-refractivity contribution in [1.82, 2.24) is 4.90 Å². The summed E-state index contributed by atoms with van der Waals surface area (Å²) in [7, 11) is 0. The maximum Gasteiger partial charge on any atom is 0.290 e. The van der Waals surface area contributed by atoms with Crippen molar-refractivity contribution in [1.29, 1.82) is 0 Å². The Morgan fingerprint density at radius 1 is 1.30 bits per heavy atom. The number of carbonyl (C=O) groups is 2. The Hall–Kier alpha value is -1.92. The molecule has 0 saturated heterocycles. The molecule has 0 aromatic heterocycles. The largest absolute Gasteiger partial charge is 0.483 e. The number of aliphatic hydroxyl groups is 1. The minimum absolute atomic E-state index is 0.00294. The van der Waals surface area contributed by atoms with Gasteiger partial charge in [0.05, 0.1) is 24.1 Å². The summed E-state index contributed by atoms with van der Waals surface area (Å²) in [5.41, 5.74) is 0.421. The Kier molecular flexibility index (Phi) is 4.72. The van der Waals surface area contributed by atoms with E-state index in [2.05, 4.69) is 0 Å². The Morgan fingerprint density at radius 2 is 2.04 bits per heavy atom. The van der Waals surface area contributed by atoms with E-state index in [1.165, 1.54) is 11.0 Å². The minimum Gasteiger partial charge on any atom is -0.483 e. The SMILES string of the molecule is CC1CC2OC3=C(C(=O)C2CC1Cl)C(c1ccccc1F)N(CCO)C3=O. The van der Waals surface area contributed by atoms with Crippen LogP contribution in [0.4, 0.5) is 4.39 Å². The number of halogens is 2. The molecular formula is C20H21ClFNO4. The van der Waals surface area contributed by atoms with Crippen LogP contribution < -0.4 is 0 Å². The lowest BCUT2D eigenvalue weighted by molar-refractivity contribution is -0.136. The van der Waals surface area contributed by atoms with Crippen molar-refractivity contribution in [3.63, 3.8) is 0 Å². The van der Waals surface area contributed by atoms with Crippen LogP contribution in [0.3, 0.4) is 0 Å². The van der Waals surface area contributed by atoms with E-state index >= 15 is 0 Å². The van der Waals surface area contributed by atoms with Crippen LogP contribution in [0, 0.1) is 17.7 Å². The number of alkyl halides is 1. The quantitative estimate of drug-likeness (QED) is 0.801. The standard InChI is InChI=1S/C20H21ClFNO4/c1-10-8-15-12(9-13(10)21)18(25)16-17(11-4-2-3-5-14(11)22)23(6-7-24)20(26)19(16)27-15/h2-5,10,12-13,15,17,24H,6-9H2,1H3. The summed E-state index contributed by atoms with van der Waals surface area (Å²) in [5, 5.41) is 9.26. The van der Waals surface area contributed by atoms with Gasteiger partial charge in [0.1, 0.15) is 11.9 Å². The van der Waals surface area contributed by atoms with E-state index in [9.17, 15) is 19.1 Å². The third-order valence-corrected chi connectivity index (χ3v) is 6.45. The number of ketones is 1. The molecule has 144 valence electrons. The molecule has 1 aromatic carbocycles. The number of carbonyl (C=O) groups excluding carboxylic acids is 2. The maximum atomic E-state index is 14.5. The first-order valence-electron chi connectivity index (χ1n) is 9.19. The summed E-state index contributed by atoms with van der Waals surface area (Å²) in [6.45, 7) is 1.70. The van der Waals surface area contributed by atoms with Crippen LogP contribution in [0.1, 0.15) is 31.4 Å². The number of fused-ring (bicyclic) bond motifs is 1. The average Bonchev–Trinajstić information content (AvgIpc) is 2.91. The Morgan fingerprint density at radius 3 is 2.74 bits per heavy atom. The monoisotopic (exact) mass is 393 g/mol. The topological polar surface area (TPSA) is 66.8 Å². The fourth-order valence-electron chi connectivity index (χ4n) is 4.42. The van der Waals surface area contributed by atoms with Gasteiger partial charge in [-0.05, 0) is 24.8 Å². The van der Waals surface area contributed by atoms with Gasteiger partial charge < -0.3 is 14.7 Å². The molecule has 1 fully saturated rings. The lowest BCUT2D eigenvalue weighted by Crippen LogP contribution is -2.44. The number of ether oxygens (including phenoxy) is 1. The van der Waals surface area contributed by atoms with E-state index in [1.807, 2.05) is 6.92 Å². The second-order valence-electron chi connectivity index (χ2n) is 7.48. The van der Waals surface area contributed by atoms with Gasteiger partial charge in [0.15, 0.2) is 11.5 Å². The molecule has 0 spiro atoms. The van der Waals surface area contributed by atoms with Crippen LogP contribution in [0.25, 0.3) is 0 Å². The molecule has 1 aliphatic carbocycles. The van der Waals surface area contributed by atoms with Crippen LogP contribution in [-0.2, 0) is 14.3 Å². The van der Waals surface area contributed by atoms with Crippen molar-refractivity contribution in [2.24, 2.45) is 11.8 Å². The molecule has 2 aliphatic heterocycles. The van der Waals surface area contributed by atoms with Gasteiger partial charge in [0.2, 0.25) is 0 Å². The van der Waals surface area contributed by atoms with Gasteiger partial charge >= 0.3 is 0 Å². The molecule has 1 N–H and O–H groups in total. The van der Waals surface area contributed by atoms with Crippen molar-refractivity contribution in [2.45, 2.75) is 37.3 Å². The molecule has 5 unspecified atom stereocenters. The second-order valence-corrected chi connectivity index (χ2v) is 8.04. The minimum atomic E-state index is -0.887. The summed E-state index contributed by atoms with van der Waals surface area (Å²) in [6, 6.07) is 5.18. The van der Waals surface area contributed by atoms with Crippen LogP contribution >= 0.6 is 11.6 Å². The lowest BCUT2D eigenvalue weighted by atomic mass is 9.74. The van der Waals surface area contributed by atoms with Crippen molar-refractivity contribution in [3.05, 3.63) is 47.0 Å². The van der Waals surface area contributed by atoms with E-state index in [4.69, 9.17) is 16.3 Å². The van der Waals surface area contributed by atoms with Crippen LogP contribution in [0.2, 0.25) is 0 Å². The van der Waals surface area contributed by atoms with Crippen molar-refractivity contribution < 1.29 is 23.8 Å². The van der Waals surface area contributed by atoms with E-state index in [0.717, 1.165) is 0 Å². The van der Waals surface area contributed by atoms with Gasteiger partial charge in [-0.1, -0.05) is 25.1 Å². The zero-order valence-electron chi connectivity index (χ0n) is 14.9. The van der Waals surface area contributed by atoms with E-state index < -0.39 is 23.7 Å². The first-order valence-corrected chi connectivity index (χ1v) is 9.63. The Balaban J connectivity index is 1.80. The fraction of sp³-hybridized carbons (Fsp3) is 0.500. The Labute approximate surface area is 161 Å². The molecular weight excluding hydrogens is 373 g/mol. The van der Waals surface area contributed by atoms with Gasteiger partial charge in [-0.3, -0.25) is 9.59 Å². The highest BCUT2D eigenvalue weighted by atomic mass is 35.5. The van der Waals surface area contributed by atoms with Crippen molar-refractivity contribution >= 4 is 23.3 Å². The van der Waals surface area contributed by atoms with Gasteiger partial charge in [0.25, 0.3) is 5.91 Å². The first kappa shape index (κ1) is 18.4. The molecule has 4 rings (SSSR count). The second kappa shape index (κ2) is 6.91. The van der Waals surface area contributed by atoms with Gasteiger partial charge in [-0.25, -0.2) is 4.39 Å². The number of hydrogen-bond acceptors (Lipinski definition) is 4.